The minimum absolute atomic E-state index is 0.0632. The summed E-state index contributed by atoms with van der Waals surface area (Å²) in [6.07, 6.45) is 20.2. The van der Waals surface area contributed by atoms with Gasteiger partial charge in [-0.1, -0.05) is 76.8 Å². The van der Waals surface area contributed by atoms with Gasteiger partial charge in [-0.15, -0.1) is 0 Å². The van der Waals surface area contributed by atoms with Crippen LogP contribution in [0.2, 0.25) is 0 Å². The summed E-state index contributed by atoms with van der Waals surface area (Å²) in [4.78, 5) is 6.82. The van der Waals surface area contributed by atoms with Crippen molar-refractivity contribution >= 4 is 32.9 Å². The third-order valence-electron chi connectivity index (χ3n) is 3.57. The molecule has 0 saturated carbocycles. The molecule has 0 saturated heterocycles. The Balaban J connectivity index is 2.96. The van der Waals surface area contributed by atoms with Crippen LogP contribution in [0.15, 0.2) is 77.6 Å². The maximum absolute atomic E-state index is 9.50. The molecule has 0 bridgehead atoms. The van der Waals surface area contributed by atoms with E-state index in [1.807, 2.05) is 56.2 Å². The normalized spacial score (nSPS) is 17.4. The highest BCUT2D eigenvalue weighted by Gasteiger charge is 2.22. The van der Waals surface area contributed by atoms with Crippen molar-refractivity contribution < 1.29 is 5.11 Å². The zero-order valence-electron chi connectivity index (χ0n) is 15.9. The van der Waals surface area contributed by atoms with Crippen molar-refractivity contribution in [2.75, 3.05) is 19.4 Å². The molecule has 0 aliphatic heterocycles. The van der Waals surface area contributed by atoms with E-state index >= 15 is 0 Å². The second-order valence-corrected chi connectivity index (χ2v) is 9.02. The Bertz CT molecular complexity index is 642. The average Bonchev–Trinajstić information content (AvgIpc) is 2.90. The Kier molecular flexibility index (Phi) is 10.6. The van der Waals surface area contributed by atoms with Crippen molar-refractivity contribution in [1.82, 2.24) is 4.90 Å². The van der Waals surface area contributed by atoms with Gasteiger partial charge in [-0.2, -0.15) is 0 Å². The summed E-state index contributed by atoms with van der Waals surface area (Å²) in [7, 11) is 1.97. The smallest absolute Gasteiger partial charge is 0.168 e. The maximum Gasteiger partial charge on any atom is 0.168 e. The summed E-state index contributed by atoms with van der Waals surface area (Å²) in [6, 6.07) is 0. The molecule has 1 N–H and O–H groups in total. The number of hydrogen-bond donors (Lipinski definition) is 1. The Morgan fingerprint density at radius 2 is 2.23 bits per heavy atom. The van der Waals surface area contributed by atoms with Gasteiger partial charge in [0, 0.05) is 18.5 Å². The molecular weight excluding hydrogens is 408 g/mol. The molecule has 1 unspecified atom stereocenters. The van der Waals surface area contributed by atoms with Crippen molar-refractivity contribution in [2.24, 2.45) is 4.99 Å². The van der Waals surface area contributed by atoms with Gasteiger partial charge >= 0.3 is 0 Å². The zero-order chi connectivity index (χ0) is 19.4. The highest BCUT2D eigenvalue weighted by molar-refractivity contribution is 9.10. The largest absolute Gasteiger partial charge is 0.395 e. The van der Waals surface area contributed by atoms with Gasteiger partial charge in [-0.3, -0.25) is 0 Å². The van der Waals surface area contributed by atoms with Crippen molar-refractivity contribution in [2.45, 2.75) is 31.0 Å². The number of allylic oxidation sites excluding steroid dienone is 9. The number of halogens is 1. The van der Waals surface area contributed by atoms with E-state index in [0.29, 0.717) is 5.75 Å². The Hall–Kier alpha value is -1.30. The van der Waals surface area contributed by atoms with E-state index in [0.717, 1.165) is 29.4 Å². The number of nitrogens with zero attached hydrogens (tertiary/aromatic N) is 2. The Morgan fingerprint density at radius 1 is 1.46 bits per heavy atom. The van der Waals surface area contributed by atoms with Crippen molar-refractivity contribution in [3.05, 3.63) is 72.7 Å². The SMILES string of the molecule is C=C(/C=C\C/C=C\C)N(C)C(=NC1=CCC=CC=C1)SCC(C)(Br)CO. The number of aliphatic hydroxyl groups is 1. The van der Waals surface area contributed by atoms with Crippen LogP contribution in [-0.2, 0) is 0 Å². The van der Waals surface area contributed by atoms with Gasteiger partial charge in [-0.25, -0.2) is 4.99 Å². The number of alkyl halides is 1. The van der Waals surface area contributed by atoms with Gasteiger partial charge in [0.2, 0.25) is 0 Å². The van der Waals surface area contributed by atoms with Crippen LogP contribution >= 0.6 is 27.7 Å². The minimum atomic E-state index is -0.350. The third kappa shape index (κ3) is 8.88. The van der Waals surface area contributed by atoms with Gasteiger partial charge in [-0.05, 0) is 38.8 Å². The number of thioether (sulfide) groups is 1. The van der Waals surface area contributed by atoms with Gasteiger partial charge in [0.1, 0.15) is 0 Å². The lowest BCUT2D eigenvalue weighted by molar-refractivity contribution is 0.270. The molecule has 0 amide bonds. The van der Waals surface area contributed by atoms with E-state index < -0.39 is 0 Å². The number of aliphatic imine (C=N–C) groups is 1. The summed E-state index contributed by atoms with van der Waals surface area (Å²) in [6.45, 7) is 8.20. The standard InChI is InChI=1S/C21H29BrN2OS/c1-5-6-7-10-13-18(2)24(4)20(26-17-21(3,22)16-25)23-19-14-11-8-9-12-15-19/h5-6,8-11,13-15,25H,2,7,12,16-17H2,1,3-4H3/b6-5-,13-10-,23-20?. The molecule has 1 aliphatic carbocycles. The molecular formula is C21H29BrN2OS. The molecule has 0 fully saturated rings. The second-order valence-electron chi connectivity index (χ2n) is 6.16. The van der Waals surface area contributed by atoms with Crippen LogP contribution in [0.3, 0.4) is 0 Å². The predicted molar refractivity (Wildman–Crippen MR) is 121 cm³/mol. The first-order valence-corrected chi connectivity index (χ1v) is 10.4. The minimum Gasteiger partial charge on any atom is -0.395 e. The predicted octanol–water partition coefficient (Wildman–Crippen LogP) is 5.59. The van der Waals surface area contributed by atoms with Crippen LogP contribution in [-0.4, -0.2) is 38.9 Å². The summed E-state index contributed by atoms with van der Waals surface area (Å²) < 4.78 is -0.350. The molecule has 1 atom stereocenters. The van der Waals surface area contributed by atoms with Gasteiger partial charge < -0.3 is 10.0 Å². The summed E-state index contributed by atoms with van der Waals surface area (Å²) in [5.41, 5.74) is 1.80. The lowest BCUT2D eigenvalue weighted by atomic mass is 10.2. The van der Waals surface area contributed by atoms with Crippen molar-refractivity contribution in [1.29, 1.82) is 0 Å². The molecule has 0 aromatic carbocycles. The first kappa shape index (κ1) is 22.7. The molecule has 0 aromatic heterocycles. The van der Waals surface area contributed by atoms with Crippen LogP contribution < -0.4 is 0 Å². The summed E-state index contributed by atoms with van der Waals surface area (Å²) in [5.74, 6) is 0.692. The molecule has 0 aromatic rings. The highest BCUT2D eigenvalue weighted by atomic mass is 79.9. The lowest BCUT2D eigenvalue weighted by Crippen LogP contribution is -2.29. The first-order valence-electron chi connectivity index (χ1n) is 8.64. The number of aliphatic hydroxyl groups excluding tert-OH is 1. The van der Waals surface area contributed by atoms with E-state index in [-0.39, 0.29) is 10.9 Å². The van der Waals surface area contributed by atoms with Crippen LogP contribution in [0.25, 0.3) is 0 Å². The van der Waals surface area contributed by atoms with Crippen LogP contribution in [0, 0.1) is 0 Å². The summed E-state index contributed by atoms with van der Waals surface area (Å²) in [5, 5.41) is 10.3. The lowest BCUT2D eigenvalue weighted by Gasteiger charge is -2.25. The fourth-order valence-corrected chi connectivity index (χ4v) is 3.23. The van der Waals surface area contributed by atoms with E-state index in [9.17, 15) is 5.11 Å². The molecule has 1 aliphatic rings. The van der Waals surface area contributed by atoms with Gasteiger partial charge in [0.05, 0.1) is 16.6 Å². The molecule has 0 heterocycles. The van der Waals surface area contributed by atoms with Crippen molar-refractivity contribution in [3.8, 4) is 0 Å². The fraction of sp³-hybridized carbons (Fsp3) is 0.381. The fourth-order valence-electron chi connectivity index (χ4n) is 1.88. The van der Waals surface area contributed by atoms with Crippen LogP contribution in [0.5, 0.6) is 0 Å². The van der Waals surface area contributed by atoms with Gasteiger partial charge in [0.25, 0.3) is 0 Å². The Labute approximate surface area is 170 Å². The number of likely N-dealkylation sites (N-methyl/N-ethyl adjacent to an activating group) is 1. The molecule has 26 heavy (non-hydrogen) atoms. The van der Waals surface area contributed by atoms with Gasteiger partial charge in [0.15, 0.2) is 5.17 Å². The molecule has 0 radical (unpaired) electrons. The highest BCUT2D eigenvalue weighted by Crippen LogP contribution is 2.26. The summed E-state index contributed by atoms with van der Waals surface area (Å²) >= 11 is 5.16. The molecule has 3 nitrogen and oxygen atoms in total. The quantitative estimate of drug-likeness (QED) is 0.177. The van der Waals surface area contributed by atoms with E-state index in [4.69, 9.17) is 4.99 Å². The van der Waals surface area contributed by atoms with E-state index in [1.54, 1.807) is 11.8 Å². The van der Waals surface area contributed by atoms with Crippen molar-refractivity contribution in [3.63, 3.8) is 0 Å². The van der Waals surface area contributed by atoms with E-state index in [1.165, 1.54) is 0 Å². The van der Waals surface area contributed by atoms with Crippen LogP contribution in [0.4, 0.5) is 0 Å². The second kappa shape index (κ2) is 12.2. The topological polar surface area (TPSA) is 35.8 Å². The van der Waals surface area contributed by atoms with Crippen LogP contribution in [0.1, 0.15) is 26.7 Å². The zero-order valence-corrected chi connectivity index (χ0v) is 18.3. The Morgan fingerprint density at radius 3 is 2.92 bits per heavy atom. The first-order chi connectivity index (χ1) is 12.4. The average molecular weight is 437 g/mol. The number of amidine groups is 1. The third-order valence-corrected chi connectivity index (χ3v) is 5.88. The molecule has 5 heteroatoms. The monoisotopic (exact) mass is 436 g/mol. The van der Waals surface area contributed by atoms with E-state index in [2.05, 4.69) is 46.8 Å². The molecule has 0 spiro atoms. The number of hydrogen-bond acceptors (Lipinski definition) is 3. The molecule has 1 rings (SSSR count). The number of rotatable bonds is 8. The maximum atomic E-state index is 9.50. The molecule has 142 valence electrons.